The molecule has 0 amide bonds. The van der Waals surface area contributed by atoms with E-state index in [9.17, 15) is 4.79 Å². The first kappa shape index (κ1) is 17.8. The van der Waals surface area contributed by atoms with Crippen LogP contribution in [-0.4, -0.2) is 67.9 Å². The average molecular weight is 304 g/mol. The second kappa shape index (κ2) is 9.60. The lowest BCUT2D eigenvalue weighted by Crippen LogP contribution is -2.44. The number of thioether (sulfide) groups is 1. The van der Waals surface area contributed by atoms with Gasteiger partial charge in [0.05, 0.1) is 19.8 Å². The number of hydrogen-bond donors (Lipinski definition) is 1. The zero-order chi connectivity index (χ0) is 15.0. The Kier molecular flexibility index (Phi) is 8.52. The first-order chi connectivity index (χ1) is 9.52. The number of nitrogens with zero attached hydrogens (tertiary/aromatic N) is 1. The Morgan fingerprint density at radius 2 is 2.30 bits per heavy atom. The van der Waals surface area contributed by atoms with Gasteiger partial charge in [-0.2, -0.15) is 11.8 Å². The summed E-state index contributed by atoms with van der Waals surface area (Å²) in [5, 5.41) is 0. The summed E-state index contributed by atoms with van der Waals surface area (Å²) in [7, 11) is 1.37. The standard InChI is InChI=1S/C14H28N2O3S/c1-11(2)8-16-5-6-19-12(9-16)10-20-7-4-13(15)14(17)18-3/h11-13H,4-10,15H2,1-3H3. The van der Waals surface area contributed by atoms with Crippen LogP contribution in [0, 0.1) is 5.92 Å². The summed E-state index contributed by atoms with van der Waals surface area (Å²) in [4.78, 5) is 13.6. The number of methoxy groups -OCH3 is 1. The van der Waals surface area contributed by atoms with E-state index in [1.54, 1.807) is 11.8 Å². The van der Waals surface area contributed by atoms with Gasteiger partial charge in [0.1, 0.15) is 6.04 Å². The highest BCUT2D eigenvalue weighted by Gasteiger charge is 2.21. The molecule has 0 aromatic rings. The van der Waals surface area contributed by atoms with E-state index < -0.39 is 6.04 Å². The Labute approximate surface area is 126 Å². The highest BCUT2D eigenvalue weighted by molar-refractivity contribution is 7.99. The largest absolute Gasteiger partial charge is 0.468 e. The molecule has 1 aliphatic heterocycles. The van der Waals surface area contributed by atoms with Gasteiger partial charge >= 0.3 is 5.97 Å². The van der Waals surface area contributed by atoms with Crippen molar-refractivity contribution in [3.63, 3.8) is 0 Å². The fraction of sp³-hybridized carbons (Fsp3) is 0.929. The Morgan fingerprint density at radius 3 is 2.95 bits per heavy atom. The molecule has 0 bridgehead atoms. The minimum atomic E-state index is -0.503. The average Bonchev–Trinajstić information content (AvgIpc) is 2.42. The van der Waals surface area contributed by atoms with Crippen LogP contribution in [-0.2, 0) is 14.3 Å². The van der Waals surface area contributed by atoms with Crippen LogP contribution < -0.4 is 5.73 Å². The van der Waals surface area contributed by atoms with Crippen molar-refractivity contribution in [1.29, 1.82) is 0 Å². The van der Waals surface area contributed by atoms with Gasteiger partial charge in [0, 0.05) is 25.4 Å². The van der Waals surface area contributed by atoms with Crippen LogP contribution in [0.3, 0.4) is 0 Å². The SMILES string of the molecule is COC(=O)C(N)CCSCC1CN(CC(C)C)CCO1. The molecule has 1 heterocycles. The first-order valence-corrected chi connectivity index (χ1v) is 8.43. The molecule has 0 aliphatic carbocycles. The molecule has 118 valence electrons. The highest BCUT2D eigenvalue weighted by Crippen LogP contribution is 2.14. The number of hydrogen-bond acceptors (Lipinski definition) is 6. The molecule has 1 saturated heterocycles. The predicted octanol–water partition coefficient (Wildman–Crippen LogP) is 0.967. The summed E-state index contributed by atoms with van der Waals surface area (Å²) >= 11 is 1.80. The van der Waals surface area contributed by atoms with Gasteiger partial charge in [-0.1, -0.05) is 13.8 Å². The first-order valence-electron chi connectivity index (χ1n) is 7.28. The monoisotopic (exact) mass is 304 g/mol. The number of ether oxygens (including phenoxy) is 2. The van der Waals surface area contributed by atoms with Gasteiger partial charge in [0.25, 0.3) is 0 Å². The van der Waals surface area contributed by atoms with Crippen LogP contribution in [0.25, 0.3) is 0 Å². The van der Waals surface area contributed by atoms with Crippen LogP contribution in [0.4, 0.5) is 0 Å². The molecule has 2 atom stereocenters. The lowest BCUT2D eigenvalue weighted by molar-refractivity contribution is -0.142. The summed E-state index contributed by atoms with van der Waals surface area (Å²) in [5.74, 6) is 2.19. The second-order valence-electron chi connectivity index (χ2n) is 5.64. The Morgan fingerprint density at radius 1 is 1.55 bits per heavy atom. The molecule has 1 rings (SSSR count). The summed E-state index contributed by atoms with van der Waals surface area (Å²) in [5.41, 5.74) is 5.70. The molecule has 2 unspecified atom stereocenters. The van der Waals surface area contributed by atoms with E-state index >= 15 is 0 Å². The highest BCUT2D eigenvalue weighted by atomic mass is 32.2. The van der Waals surface area contributed by atoms with E-state index in [0.29, 0.717) is 18.4 Å². The van der Waals surface area contributed by atoms with Crippen LogP contribution >= 0.6 is 11.8 Å². The molecule has 6 heteroatoms. The van der Waals surface area contributed by atoms with E-state index in [1.165, 1.54) is 7.11 Å². The molecule has 5 nitrogen and oxygen atoms in total. The van der Waals surface area contributed by atoms with Crippen molar-refractivity contribution in [3.8, 4) is 0 Å². The third-order valence-electron chi connectivity index (χ3n) is 3.23. The van der Waals surface area contributed by atoms with Gasteiger partial charge in [0.2, 0.25) is 0 Å². The smallest absolute Gasteiger partial charge is 0.322 e. The van der Waals surface area contributed by atoms with E-state index in [4.69, 9.17) is 10.5 Å². The Bertz CT molecular complexity index is 290. The minimum Gasteiger partial charge on any atom is -0.468 e. The van der Waals surface area contributed by atoms with Crippen LogP contribution in [0.5, 0.6) is 0 Å². The molecule has 0 spiro atoms. The van der Waals surface area contributed by atoms with Crippen molar-refractivity contribution in [2.75, 3.05) is 44.9 Å². The number of carbonyl (C=O) groups excluding carboxylic acids is 1. The lowest BCUT2D eigenvalue weighted by atomic mass is 10.2. The number of esters is 1. The van der Waals surface area contributed by atoms with Crippen molar-refractivity contribution in [2.45, 2.75) is 32.4 Å². The van der Waals surface area contributed by atoms with Gasteiger partial charge in [-0.15, -0.1) is 0 Å². The van der Waals surface area contributed by atoms with Gasteiger partial charge in [0.15, 0.2) is 0 Å². The summed E-state index contributed by atoms with van der Waals surface area (Å²) in [6.07, 6.45) is 0.946. The maximum Gasteiger partial charge on any atom is 0.322 e. The Balaban J connectivity index is 2.13. The molecule has 2 N–H and O–H groups in total. The quantitative estimate of drug-likeness (QED) is 0.532. The van der Waals surface area contributed by atoms with E-state index in [1.807, 2.05) is 0 Å². The molecule has 1 aliphatic rings. The van der Waals surface area contributed by atoms with Gasteiger partial charge < -0.3 is 15.2 Å². The van der Waals surface area contributed by atoms with Gasteiger partial charge in [-0.3, -0.25) is 9.69 Å². The second-order valence-corrected chi connectivity index (χ2v) is 6.79. The minimum absolute atomic E-state index is 0.293. The van der Waals surface area contributed by atoms with Crippen LogP contribution in [0.15, 0.2) is 0 Å². The zero-order valence-electron chi connectivity index (χ0n) is 12.8. The summed E-state index contributed by atoms with van der Waals surface area (Å²) in [6, 6.07) is -0.503. The fourth-order valence-corrected chi connectivity index (χ4v) is 3.31. The van der Waals surface area contributed by atoms with Gasteiger partial charge in [-0.25, -0.2) is 0 Å². The number of carbonyl (C=O) groups is 1. The van der Waals surface area contributed by atoms with Crippen LogP contribution in [0.2, 0.25) is 0 Å². The van der Waals surface area contributed by atoms with Crippen molar-refractivity contribution < 1.29 is 14.3 Å². The molecule has 1 fully saturated rings. The van der Waals surface area contributed by atoms with Crippen molar-refractivity contribution in [2.24, 2.45) is 11.7 Å². The molecule has 0 aromatic carbocycles. The maximum atomic E-state index is 11.2. The Hall–Kier alpha value is -0.300. The molecular weight excluding hydrogens is 276 g/mol. The zero-order valence-corrected chi connectivity index (χ0v) is 13.7. The number of morpholine rings is 1. The number of rotatable bonds is 8. The maximum absolute atomic E-state index is 11.2. The van der Waals surface area contributed by atoms with E-state index in [0.717, 1.165) is 37.7 Å². The van der Waals surface area contributed by atoms with E-state index in [-0.39, 0.29) is 5.97 Å². The molecule has 0 saturated carbocycles. The molecule has 20 heavy (non-hydrogen) atoms. The third kappa shape index (κ3) is 6.92. The summed E-state index contributed by atoms with van der Waals surface area (Å²) in [6.45, 7) is 8.49. The van der Waals surface area contributed by atoms with Crippen molar-refractivity contribution in [1.82, 2.24) is 4.90 Å². The fourth-order valence-electron chi connectivity index (χ4n) is 2.26. The normalized spacial score (nSPS) is 21.9. The summed E-state index contributed by atoms with van der Waals surface area (Å²) < 4.78 is 10.4. The van der Waals surface area contributed by atoms with Crippen molar-refractivity contribution in [3.05, 3.63) is 0 Å². The predicted molar refractivity (Wildman–Crippen MR) is 83.0 cm³/mol. The van der Waals surface area contributed by atoms with E-state index in [2.05, 4.69) is 23.5 Å². The molecule has 0 radical (unpaired) electrons. The van der Waals surface area contributed by atoms with Crippen LogP contribution in [0.1, 0.15) is 20.3 Å². The third-order valence-corrected chi connectivity index (χ3v) is 4.36. The topological polar surface area (TPSA) is 64.8 Å². The molecular formula is C14H28N2O3S. The van der Waals surface area contributed by atoms with Gasteiger partial charge in [-0.05, 0) is 18.1 Å². The lowest BCUT2D eigenvalue weighted by Gasteiger charge is -2.33. The molecule has 0 aromatic heterocycles. The van der Waals surface area contributed by atoms with Crippen molar-refractivity contribution >= 4 is 17.7 Å². The number of nitrogens with two attached hydrogens (primary N) is 1.